The molecule has 0 spiro atoms. The van der Waals surface area contributed by atoms with Crippen molar-refractivity contribution >= 4 is 5.82 Å². The number of rotatable bonds is 4. The first-order chi connectivity index (χ1) is 8.16. The molecule has 17 heavy (non-hydrogen) atoms. The Hall–Kier alpha value is -1.16. The van der Waals surface area contributed by atoms with Gasteiger partial charge in [-0.25, -0.2) is 9.97 Å². The highest BCUT2D eigenvalue weighted by molar-refractivity contribution is 5.34. The third-order valence-corrected chi connectivity index (χ3v) is 3.09. The maximum atomic E-state index is 5.66. The van der Waals surface area contributed by atoms with E-state index in [0.717, 1.165) is 31.1 Å². The van der Waals surface area contributed by atoms with Crippen molar-refractivity contribution < 1.29 is 4.74 Å². The molecule has 4 nitrogen and oxygen atoms in total. The molecule has 2 heterocycles. The molecule has 0 amide bonds. The molecule has 0 radical (unpaired) electrons. The van der Waals surface area contributed by atoms with E-state index in [4.69, 9.17) is 4.74 Å². The Labute approximate surface area is 103 Å². The van der Waals surface area contributed by atoms with Crippen LogP contribution < -0.4 is 5.32 Å². The molecular formula is C13H21N3O. The van der Waals surface area contributed by atoms with Gasteiger partial charge in [0.05, 0.1) is 12.1 Å². The molecule has 1 aromatic heterocycles. The van der Waals surface area contributed by atoms with Gasteiger partial charge in [-0.15, -0.1) is 0 Å². The van der Waals surface area contributed by atoms with E-state index in [1.807, 2.05) is 12.3 Å². The van der Waals surface area contributed by atoms with Crippen LogP contribution in [0.3, 0.4) is 0 Å². The molecule has 1 saturated heterocycles. The maximum Gasteiger partial charge on any atom is 0.133 e. The van der Waals surface area contributed by atoms with Crippen molar-refractivity contribution in [2.24, 2.45) is 0 Å². The van der Waals surface area contributed by atoms with Crippen LogP contribution in [0.1, 0.15) is 45.4 Å². The summed E-state index contributed by atoms with van der Waals surface area (Å²) in [4.78, 5) is 8.77. The fraction of sp³-hybridized carbons (Fsp3) is 0.692. The number of nitrogens with zero attached hydrogens (tertiary/aromatic N) is 2. The fourth-order valence-electron chi connectivity index (χ4n) is 2.06. The highest BCUT2D eigenvalue weighted by Gasteiger charge is 2.22. The summed E-state index contributed by atoms with van der Waals surface area (Å²) in [6.45, 7) is 7.23. The second kappa shape index (κ2) is 5.45. The number of anilines is 1. The SMILES string of the molecule is CC(C)c1nccc(NC(C)C2CCCO2)n1. The molecule has 0 aromatic carbocycles. The average Bonchev–Trinajstić information content (AvgIpc) is 2.82. The minimum atomic E-state index is 0.299. The summed E-state index contributed by atoms with van der Waals surface area (Å²) in [6.07, 6.45) is 4.42. The summed E-state index contributed by atoms with van der Waals surface area (Å²) in [5.41, 5.74) is 0. The molecule has 0 bridgehead atoms. The molecule has 1 aromatic rings. The van der Waals surface area contributed by atoms with Crippen LogP contribution in [-0.2, 0) is 4.74 Å². The molecule has 2 atom stereocenters. The predicted octanol–water partition coefficient (Wildman–Crippen LogP) is 2.58. The van der Waals surface area contributed by atoms with E-state index >= 15 is 0 Å². The summed E-state index contributed by atoms with van der Waals surface area (Å²) >= 11 is 0. The van der Waals surface area contributed by atoms with Crippen LogP contribution in [0.25, 0.3) is 0 Å². The molecule has 1 N–H and O–H groups in total. The lowest BCUT2D eigenvalue weighted by molar-refractivity contribution is 0.0995. The van der Waals surface area contributed by atoms with Crippen molar-refractivity contribution in [2.75, 3.05) is 11.9 Å². The maximum absolute atomic E-state index is 5.66. The predicted molar refractivity (Wildman–Crippen MR) is 68.2 cm³/mol. The number of hydrogen-bond donors (Lipinski definition) is 1. The zero-order valence-electron chi connectivity index (χ0n) is 10.8. The van der Waals surface area contributed by atoms with E-state index < -0.39 is 0 Å². The van der Waals surface area contributed by atoms with Crippen molar-refractivity contribution in [3.8, 4) is 0 Å². The third kappa shape index (κ3) is 3.16. The van der Waals surface area contributed by atoms with Crippen molar-refractivity contribution in [2.45, 2.75) is 51.7 Å². The molecule has 4 heteroatoms. The molecule has 2 rings (SSSR count). The van der Waals surface area contributed by atoms with Gasteiger partial charge in [0, 0.05) is 18.7 Å². The van der Waals surface area contributed by atoms with Crippen LogP contribution >= 0.6 is 0 Å². The Balaban J connectivity index is 1.99. The van der Waals surface area contributed by atoms with E-state index in [9.17, 15) is 0 Å². The fourth-order valence-corrected chi connectivity index (χ4v) is 2.06. The summed E-state index contributed by atoms with van der Waals surface area (Å²) in [5, 5.41) is 3.40. The largest absolute Gasteiger partial charge is 0.376 e. The van der Waals surface area contributed by atoms with E-state index in [-0.39, 0.29) is 0 Å². The van der Waals surface area contributed by atoms with Crippen molar-refractivity contribution in [3.05, 3.63) is 18.1 Å². The smallest absolute Gasteiger partial charge is 0.133 e. The Kier molecular flexibility index (Phi) is 3.94. The number of aromatic nitrogens is 2. The Bertz CT molecular complexity index is 361. The lowest BCUT2D eigenvalue weighted by Gasteiger charge is -2.20. The standard InChI is InChI=1S/C13H21N3O/c1-9(2)13-14-7-6-12(16-13)15-10(3)11-5-4-8-17-11/h6-7,9-11H,4-5,8H2,1-3H3,(H,14,15,16). The van der Waals surface area contributed by atoms with E-state index in [1.54, 1.807) is 0 Å². The van der Waals surface area contributed by atoms with Crippen molar-refractivity contribution in [1.29, 1.82) is 0 Å². The lowest BCUT2D eigenvalue weighted by atomic mass is 10.1. The van der Waals surface area contributed by atoms with Crippen LogP contribution in [0.15, 0.2) is 12.3 Å². The zero-order chi connectivity index (χ0) is 12.3. The third-order valence-electron chi connectivity index (χ3n) is 3.09. The quantitative estimate of drug-likeness (QED) is 0.871. The van der Waals surface area contributed by atoms with Gasteiger partial charge in [-0.2, -0.15) is 0 Å². The molecule has 1 fully saturated rings. The van der Waals surface area contributed by atoms with Gasteiger partial charge in [-0.1, -0.05) is 13.8 Å². The summed E-state index contributed by atoms with van der Waals surface area (Å²) in [6, 6.07) is 2.21. The van der Waals surface area contributed by atoms with Crippen molar-refractivity contribution in [3.63, 3.8) is 0 Å². The highest BCUT2D eigenvalue weighted by atomic mass is 16.5. The van der Waals surface area contributed by atoms with Gasteiger partial charge in [0.15, 0.2) is 0 Å². The normalized spacial score (nSPS) is 21.8. The molecule has 2 unspecified atom stereocenters. The van der Waals surface area contributed by atoms with Gasteiger partial charge in [0.1, 0.15) is 11.6 Å². The number of ether oxygens (including phenoxy) is 1. The Morgan fingerprint density at radius 3 is 2.88 bits per heavy atom. The summed E-state index contributed by atoms with van der Waals surface area (Å²) in [7, 11) is 0. The molecule has 94 valence electrons. The van der Waals surface area contributed by atoms with E-state index in [0.29, 0.717) is 18.1 Å². The first-order valence-corrected chi connectivity index (χ1v) is 6.38. The lowest BCUT2D eigenvalue weighted by Crippen LogP contribution is -2.30. The number of hydrogen-bond acceptors (Lipinski definition) is 4. The average molecular weight is 235 g/mol. The van der Waals surface area contributed by atoms with Gasteiger partial charge >= 0.3 is 0 Å². The van der Waals surface area contributed by atoms with Crippen LogP contribution in [0, 0.1) is 0 Å². The minimum Gasteiger partial charge on any atom is -0.376 e. The van der Waals surface area contributed by atoms with Gasteiger partial charge in [0.2, 0.25) is 0 Å². The van der Waals surface area contributed by atoms with Crippen LogP contribution in [0.4, 0.5) is 5.82 Å². The van der Waals surface area contributed by atoms with Crippen LogP contribution in [0.5, 0.6) is 0 Å². The zero-order valence-corrected chi connectivity index (χ0v) is 10.8. The Morgan fingerprint density at radius 1 is 1.41 bits per heavy atom. The van der Waals surface area contributed by atoms with Crippen LogP contribution in [0.2, 0.25) is 0 Å². The van der Waals surface area contributed by atoms with Gasteiger partial charge in [-0.05, 0) is 25.8 Å². The monoisotopic (exact) mass is 235 g/mol. The molecule has 1 aliphatic heterocycles. The summed E-state index contributed by atoms with van der Waals surface area (Å²) in [5.74, 6) is 2.14. The van der Waals surface area contributed by atoms with Gasteiger partial charge in [0.25, 0.3) is 0 Å². The van der Waals surface area contributed by atoms with E-state index in [2.05, 4.69) is 36.1 Å². The highest BCUT2D eigenvalue weighted by Crippen LogP contribution is 2.18. The van der Waals surface area contributed by atoms with Gasteiger partial charge < -0.3 is 10.1 Å². The topological polar surface area (TPSA) is 47.0 Å². The van der Waals surface area contributed by atoms with E-state index in [1.165, 1.54) is 0 Å². The first-order valence-electron chi connectivity index (χ1n) is 6.38. The van der Waals surface area contributed by atoms with Crippen LogP contribution in [-0.4, -0.2) is 28.7 Å². The molecule has 0 saturated carbocycles. The molecular weight excluding hydrogens is 214 g/mol. The minimum absolute atomic E-state index is 0.299. The molecule has 1 aliphatic rings. The second-order valence-corrected chi connectivity index (χ2v) is 4.94. The van der Waals surface area contributed by atoms with Gasteiger partial charge in [-0.3, -0.25) is 0 Å². The Morgan fingerprint density at radius 2 is 2.24 bits per heavy atom. The summed E-state index contributed by atoms with van der Waals surface area (Å²) < 4.78 is 5.66. The number of nitrogens with one attached hydrogen (secondary N) is 1. The van der Waals surface area contributed by atoms with Crippen molar-refractivity contribution in [1.82, 2.24) is 9.97 Å². The first kappa shape index (κ1) is 12.3. The molecule has 0 aliphatic carbocycles. The second-order valence-electron chi connectivity index (χ2n) is 4.94.